The molecular formula is C15H23N3O2. The zero-order valence-electron chi connectivity index (χ0n) is 12.0. The number of piperidine rings is 1. The molecule has 0 aliphatic carbocycles. The zero-order valence-corrected chi connectivity index (χ0v) is 12.0. The number of hydrogen-bond donors (Lipinski definition) is 1. The Morgan fingerprint density at radius 3 is 2.50 bits per heavy atom. The third kappa shape index (κ3) is 4.28. The van der Waals surface area contributed by atoms with Gasteiger partial charge >= 0.3 is 0 Å². The number of nitro groups is 1. The van der Waals surface area contributed by atoms with Crippen molar-refractivity contribution in [3.8, 4) is 0 Å². The third-order valence-corrected chi connectivity index (χ3v) is 4.03. The normalized spacial score (nSPS) is 17.2. The van der Waals surface area contributed by atoms with Gasteiger partial charge in [-0.05, 0) is 51.0 Å². The lowest BCUT2D eigenvalue weighted by Crippen LogP contribution is -2.42. The van der Waals surface area contributed by atoms with E-state index in [9.17, 15) is 10.1 Å². The van der Waals surface area contributed by atoms with E-state index in [0.717, 1.165) is 25.1 Å². The topological polar surface area (TPSA) is 58.4 Å². The van der Waals surface area contributed by atoms with Gasteiger partial charge in [-0.25, -0.2) is 0 Å². The van der Waals surface area contributed by atoms with Gasteiger partial charge in [-0.1, -0.05) is 19.1 Å². The minimum Gasteiger partial charge on any atom is -0.314 e. The van der Waals surface area contributed by atoms with E-state index in [0.29, 0.717) is 6.04 Å². The molecule has 1 aromatic carbocycles. The van der Waals surface area contributed by atoms with Crippen molar-refractivity contribution < 1.29 is 4.92 Å². The molecule has 0 spiro atoms. The average molecular weight is 277 g/mol. The van der Waals surface area contributed by atoms with E-state index in [2.05, 4.69) is 17.1 Å². The lowest BCUT2D eigenvalue weighted by molar-refractivity contribution is -0.384. The third-order valence-electron chi connectivity index (χ3n) is 4.03. The van der Waals surface area contributed by atoms with Crippen molar-refractivity contribution in [1.82, 2.24) is 10.2 Å². The van der Waals surface area contributed by atoms with E-state index in [1.54, 1.807) is 12.1 Å². The van der Waals surface area contributed by atoms with Gasteiger partial charge in [-0.15, -0.1) is 0 Å². The monoisotopic (exact) mass is 277 g/mol. The number of nitro benzene ring substituents is 1. The molecule has 0 bridgehead atoms. The molecule has 0 unspecified atom stereocenters. The van der Waals surface area contributed by atoms with Crippen LogP contribution in [-0.4, -0.2) is 42.0 Å². The lowest BCUT2D eigenvalue weighted by atomic mass is 10.0. The number of benzene rings is 1. The first-order valence-electron chi connectivity index (χ1n) is 7.38. The van der Waals surface area contributed by atoms with Gasteiger partial charge in [0.15, 0.2) is 0 Å². The van der Waals surface area contributed by atoms with Gasteiger partial charge in [0.25, 0.3) is 5.69 Å². The fraction of sp³-hybridized carbons (Fsp3) is 0.600. The van der Waals surface area contributed by atoms with E-state index < -0.39 is 0 Å². The Morgan fingerprint density at radius 1 is 1.30 bits per heavy atom. The fourth-order valence-electron chi connectivity index (χ4n) is 2.66. The van der Waals surface area contributed by atoms with Crippen LogP contribution in [0.25, 0.3) is 0 Å². The average Bonchev–Trinajstić information content (AvgIpc) is 2.48. The van der Waals surface area contributed by atoms with Crippen LogP contribution in [0, 0.1) is 10.1 Å². The predicted octanol–water partition coefficient (Wildman–Crippen LogP) is 2.21. The molecule has 1 aliphatic heterocycles. The molecule has 5 nitrogen and oxygen atoms in total. The number of likely N-dealkylation sites (tertiary alicyclic amines) is 1. The van der Waals surface area contributed by atoms with Crippen molar-refractivity contribution in [1.29, 1.82) is 0 Å². The van der Waals surface area contributed by atoms with Crippen LogP contribution < -0.4 is 5.32 Å². The van der Waals surface area contributed by atoms with Crippen molar-refractivity contribution in [3.05, 3.63) is 39.9 Å². The van der Waals surface area contributed by atoms with Gasteiger partial charge < -0.3 is 10.2 Å². The Balaban J connectivity index is 1.69. The molecule has 0 atom stereocenters. The molecule has 0 aromatic heterocycles. The quantitative estimate of drug-likeness (QED) is 0.640. The molecule has 2 rings (SSSR count). The van der Waals surface area contributed by atoms with Crippen molar-refractivity contribution >= 4 is 5.69 Å². The summed E-state index contributed by atoms with van der Waals surface area (Å²) in [7, 11) is 0. The van der Waals surface area contributed by atoms with Crippen LogP contribution in [0.1, 0.15) is 25.3 Å². The van der Waals surface area contributed by atoms with Crippen molar-refractivity contribution in [2.75, 3.05) is 26.2 Å². The Hall–Kier alpha value is -1.46. The van der Waals surface area contributed by atoms with Crippen molar-refractivity contribution in [3.63, 3.8) is 0 Å². The Labute approximate surface area is 120 Å². The Bertz CT molecular complexity index is 425. The number of hydrogen-bond acceptors (Lipinski definition) is 4. The first kappa shape index (κ1) is 14.9. The van der Waals surface area contributed by atoms with Gasteiger partial charge in [-0.3, -0.25) is 10.1 Å². The fourth-order valence-corrected chi connectivity index (χ4v) is 2.66. The van der Waals surface area contributed by atoms with Gasteiger partial charge in [-0.2, -0.15) is 0 Å². The number of nitrogens with zero attached hydrogens (tertiary/aromatic N) is 2. The highest BCUT2D eigenvalue weighted by Crippen LogP contribution is 2.13. The molecule has 0 saturated carbocycles. The van der Waals surface area contributed by atoms with Gasteiger partial charge in [0, 0.05) is 18.2 Å². The number of non-ortho nitro benzene ring substituents is 1. The molecule has 1 saturated heterocycles. The molecule has 20 heavy (non-hydrogen) atoms. The van der Waals surface area contributed by atoms with Crippen LogP contribution in [0.4, 0.5) is 5.69 Å². The molecule has 1 aliphatic rings. The molecule has 5 heteroatoms. The highest BCUT2D eigenvalue weighted by molar-refractivity contribution is 5.32. The summed E-state index contributed by atoms with van der Waals surface area (Å²) in [6, 6.07) is 7.47. The minimum absolute atomic E-state index is 0.161. The van der Waals surface area contributed by atoms with Crippen LogP contribution in [0.3, 0.4) is 0 Å². The molecule has 1 aromatic rings. The number of nitrogens with one attached hydrogen (secondary N) is 1. The second kappa shape index (κ2) is 7.36. The minimum atomic E-state index is -0.358. The molecule has 0 amide bonds. The first-order valence-corrected chi connectivity index (χ1v) is 7.38. The van der Waals surface area contributed by atoms with E-state index in [1.807, 2.05) is 12.1 Å². The summed E-state index contributed by atoms with van der Waals surface area (Å²) in [6.07, 6.45) is 3.36. The summed E-state index contributed by atoms with van der Waals surface area (Å²) in [4.78, 5) is 12.7. The van der Waals surface area contributed by atoms with Crippen molar-refractivity contribution in [2.45, 2.75) is 32.2 Å². The summed E-state index contributed by atoms with van der Waals surface area (Å²) in [5, 5.41) is 14.2. The van der Waals surface area contributed by atoms with Gasteiger partial charge in [0.2, 0.25) is 0 Å². The highest BCUT2D eigenvalue weighted by Gasteiger charge is 2.16. The van der Waals surface area contributed by atoms with E-state index in [4.69, 9.17) is 0 Å². The van der Waals surface area contributed by atoms with Crippen LogP contribution in [0.5, 0.6) is 0 Å². The first-order chi connectivity index (χ1) is 9.69. The molecule has 1 N–H and O–H groups in total. The van der Waals surface area contributed by atoms with E-state index in [1.165, 1.54) is 25.9 Å². The summed E-state index contributed by atoms with van der Waals surface area (Å²) in [5.41, 5.74) is 1.31. The zero-order chi connectivity index (χ0) is 14.4. The second-order valence-corrected chi connectivity index (χ2v) is 5.34. The molecule has 0 radical (unpaired) electrons. The molecule has 1 heterocycles. The van der Waals surface area contributed by atoms with Crippen LogP contribution >= 0.6 is 0 Å². The Kier molecular flexibility index (Phi) is 5.49. The number of rotatable bonds is 6. The maximum absolute atomic E-state index is 10.6. The molecular weight excluding hydrogens is 254 g/mol. The summed E-state index contributed by atoms with van der Waals surface area (Å²) < 4.78 is 0. The molecule has 110 valence electrons. The largest absolute Gasteiger partial charge is 0.314 e. The maximum atomic E-state index is 10.6. The molecule has 1 fully saturated rings. The SMILES string of the molecule is CCN1CCC(NCCc2ccc([N+](=O)[O-])cc2)CC1. The van der Waals surface area contributed by atoms with Gasteiger partial charge in [0.1, 0.15) is 0 Å². The highest BCUT2D eigenvalue weighted by atomic mass is 16.6. The van der Waals surface area contributed by atoms with Crippen LogP contribution in [-0.2, 0) is 6.42 Å². The van der Waals surface area contributed by atoms with Crippen LogP contribution in [0.2, 0.25) is 0 Å². The Morgan fingerprint density at radius 2 is 1.95 bits per heavy atom. The standard InChI is InChI=1S/C15H23N3O2/c1-2-17-11-8-14(9-12-17)16-10-7-13-3-5-15(6-4-13)18(19)20/h3-6,14,16H,2,7-12H2,1H3. The van der Waals surface area contributed by atoms with Crippen molar-refractivity contribution in [2.24, 2.45) is 0 Å². The summed E-state index contributed by atoms with van der Waals surface area (Å²) in [5.74, 6) is 0. The summed E-state index contributed by atoms with van der Waals surface area (Å²) in [6.45, 7) is 6.67. The summed E-state index contributed by atoms with van der Waals surface area (Å²) >= 11 is 0. The second-order valence-electron chi connectivity index (χ2n) is 5.34. The van der Waals surface area contributed by atoms with E-state index >= 15 is 0 Å². The van der Waals surface area contributed by atoms with Gasteiger partial charge in [0.05, 0.1) is 4.92 Å². The predicted molar refractivity (Wildman–Crippen MR) is 79.9 cm³/mol. The van der Waals surface area contributed by atoms with Crippen LogP contribution in [0.15, 0.2) is 24.3 Å². The smallest absolute Gasteiger partial charge is 0.269 e. The lowest BCUT2D eigenvalue weighted by Gasteiger charge is -2.31. The van der Waals surface area contributed by atoms with E-state index in [-0.39, 0.29) is 10.6 Å². The maximum Gasteiger partial charge on any atom is 0.269 e.